The Morgan fingerprint density at radius 1 is 1.27 bits per heavy atom. The highest BCUT2D eigenvalue weighted by Gasteiger charge is 1.97. The van der Waals surface area contributed by atoms with E-state index in [9.17, 15) is 5.11 Å². The van der Waals surface area contributed by atoms with Gasteiger partial charge in [0.1, 0.15) is 6.61 Å². The molecule has 0 N–H and O–H groups in total. The maximum Gasteiger partial charge on any atom is 0.101 e. The molecule has 0 spiro atoms. The van der Waals surface area contributed by atoms with Crippen molar-refractivity contribution in [2.24, 2.45) is 0 Å². The molecule has 0 fully saturated rings. The van der Waals surface area contributed by atoms with Crippen LogP contribution in [0.1, 0.15) is 0 Å². The summed E-state index contributed by atoms with van der Waals surface area (Å²) in [5.41, 5.74) is 0.965. The summed E-state index contributed by atoms with van der Waals surface area (Å²) in [5.74, 6) is 0. The SMILES string of the molecule is [O]CCN(S)c1ccccc1. The number of benzene rings is 1. The largest absolute Gasteiger partial charge is 0.316 e. The zero-order valence-electron chi connectivity index (χ0n) is 6.10. The molecule has 0 aliphatic heterocycles. The van der Waals surface area contributed by atoms with Crippen LogP contribution in [0.3, 0.4) is 0 Å². The van der Waals surface area contributed by atoms with Crippen LogP contribution in [0.25, 0.3) is 0 Å². The maximum absolute atomic E-state index is 10.2. The van der Waals surface area contributed by atoms with Crippen LogP contribution in [0, 0.1) is 0 Å². The van der Waals surface area contributed by atoms with Crippen molar-refractivity contribution >= 4 is 18.5 Å². The first kappa shape index (κ1) is 8.43. The smallest absolute Gasteiger partial charge is 0.101 e. The molecule has 0 aliphatic carbocycles. The van der Waals surface area contributed by atoms with Crippen LogP contribution in [0.5, 0.6) is 0 Å². The first-order valence-electron chi connectivity index (χ1n) is 3.44. The molecule has 59 valence electrons. The quantitative estimate of drug-likeness (QED) is 0.683. The summed E-state index contributed by atoms with van der Waals surface area (Å²) in [4.78, 5) is 0. The van der Waals surface area contributed by atoms with Crippen molar-refractivity contribution < 1.29 is 5.11 Å². The summed E-state index contributed by atoms with van der Waals surface area (Å²) < 4.78 is 1.65. The van der Waals surface area contributed by atoms with E-state index in [2.05, 4.69) is 12.8 Å². The average Bonchev–Trinajstić information content (AvgIpc) is 2.07. The molecule has 1 radical (unpaired) electrons. The first-order valence-corrected chi connectivity index (χ1v) is 3.84. The third kappa shape index (κ3) is 2.44. The minimum atomic E-state index is -0.127. The van der Waals surface area contributed by atoms with Crippen LogP contribution in [-0.2, 0) is 5.11 Å². The number of thiol groups is 1. The van der Waals surface area contributed by atoms with Crippen LogP contribution in [0.15, 0.2) is 30.3 Å². The van der Waals surface area contributed by atoms with Crippen LogP contribution < -0.4 is 4.31 Å². The summed E-state index contributed by atoms with van der Waals surface area (Å²) in [6.07, 6.45) is 0. The Kier molecular flexibility index (Phi) is 3.26. The summed E-state index contributed by atoms with van der Waals surface area (Å²) >= 11 is 4.13. The Labute approximate surface area is 72.0 Å². The van der Waals surface area contributed by atoms with E-state index in [1.807, 2.05) is 30.3 Å². The standard InChI is InChI=1S/C8H10NOS/c10-7-6-9(11)8-4-2-1-3-5-8/h1-5,11H,6-7H2. The molecule has 2 nitrogen and oxygen atoms in total. The molecule has 1 rings (SSSR count). The van der Waals surface area contributed by atoms with Gasteiger partial charge in [-0.05, 0) is 12.1 Å². The van der Waals surface area contributed by atoms with E-state index in [-0.39, 0.29) is 6.61 Å². The van der Waals surface area contributed by atoms with Crippen LogP contribution in [0.4, 0.5) is 5.69 Å². The lowest BCUT2D eigenvalue weighted by Gasteiger charge is -2.14. The fraction of sp³-hybridized carbons (Fsp3) is 0.250. The zero-order chi connectivity index (χ0) is 8.10. The molecule has 0 saturated carbocycles. The van der Waals surface area contributed by atoms with Gasteiger partial charge >= 0.3 is 0 Å². The van der Waals surface area contributed by atoms with Gasteiger partial charge in [0.2, 0.25) is 0 Å². The topological polar surface area (TPSA) is 23.1 Å². The Balaban J connectivity index is 2.61. The Morgan fingerprint density at radius 2 is 1.91 bits per heavy atom. The summed E-state index contributed by atoms with van der Waals surface area (Å²) in [5, 5.41) is 10.2. The van der Waals surface area contributed by atoms with Crippen molar-refractivity contribution in [3.05, 3.63) is 30.3 Å². The number of anilines is 1. The molecule has 3 heteroatoms. The average molecular weight is 168 g/mol. The highest BCUT2D eigenvalue weighted by atomic mass is 32.1. The van der Waals surface area contributed by atoms with E-state index in [4.69, 9.17) is 0 Å². The van der Waals surface area contributed by atoms with Gasteiger partial charge in [-0.15, -0.1) is 0 Å². The molecule has 0 atom stereocenters. The lowest BCUT2D eigenvalue weighted by molar-refractivity contribution is 0.204. The van der Waals surface area contributed by atoms with E-state index in [1.165, 1.54) is 0 Å². The van der Waals surface area contributed by atoms with Gasteiger partial charge in [0.25, 0.3) is 0 Å². The van der Waals surface area contributed by atoms with Gasteiger partial charge in [-0.1, -0.05) is 31.0 Å². The molecule has 0 saturated heterocycles. The van der Waals surface area contributed by atoms with Gasteiger partial charge in [0.15, 0.2) is 0 Å². The highest BCUT2D eigenvalue weighted by molar-refractivity contribution is 7.81. The summed E-state index contributed by atoms with van der Waals surface area (Å²) in [6, 6.07) is 9.61. The molecular weight excluding hydrogens is 158 g/mol. The number of hydrogen-bond donors (Lipinski definition) is 1. The van der Waals surface area contributed by atoms with Crippen LogP contribution >= 0.6 is 12.8 Å². The van der Waals surface area contributed by atoms with Gasteiger partial charge in [-0.25, -0.2) is 5.11 Å². The molecule has 0 bridgehead atoms. The second-order valence-electron chi connectivity index (χ2n) is 2.16. The number of nitrogens with zero attached hydrogens (tertiary/aromatic N) is 1. The lowest BCUT2D eigenvalue weighted by atomic mass is 10.3. The molecule has 0 heterocycles. The number of hydrogen-bond acceptors (Lipinski definition) is 2. The van der Waals surface area contributed by atoms with Gasteiger partial charge < -0.3 is 4.31 Å². The van der Waals surface area contributed by atoms with Crippen molar-refractivity contribution in [2.45, 2.75) is 0 Å². The van der Waals surface area contributed by atoms with Gasteiger partial charge in [0, 0.05) is 5.69 Å². The van der Waals surface area contributed by atoms with E-state index in [0.717, 1.165) is 5.69 Å². The van der Waals surface area contributed by atoms with Crippen molar-refractivity contribution in [3.63, 3.8) is 0 Å². The summed E-state index contributed by atoms with van der Waals surface area (Å²) in [6.45, 7) is 0.311. The Hall–Kier alpha value is -0.670. The molecule has 1 aromatic carbocycles. The van der Waals surface area contributed by atoms with Gasteiger partial charge in [0.05, 0.1) is 6.54 Å². The van der Waals surface area contributed by atoms with Gasteiger partial charge in [-0.3, -0.25) is 0 Å². The molecule has 0 amide bonds. The second kappa shape index (κ2) is 4.26. The van der Waals surface area contributed by atoms with Crippen molar-refractivity contribution in [2.75, 3.05) is 17.5 Å². The number of para-hydroxylation sites is 1. The summed E-state index contributed by atoms with van der Waals surface area (Å²) in [7, 11) is 0. The van der Waals surface area contributed by atoms with Crippen molar-refractivity contribution in [1.29, 1.82) is 0 Å². The molecular formula is C8H10NOS. The number of rotatable bonds is 3. The molecule has 1 aromatic rings. The van der Waals surface area contributed by atoms with E-state index in [1.54, 1.807) is 4.31 Å². The fourth-order valence-corrected chi connectivity index (χ4v) is 1.03. The third-order valence-electron chi connectivity index (χ3n) is 1.36. The maximum atomic E-state index is 10.2. The van der Waals surface area contributed by atoms with Crippen LogP contribution in [-0.4, -0.2) is 13.2 Å². The normalized spacial score (nSPS) is 9.64. The van der Waals surface area contributed by atoms with E-state index < -0.39 is 0 Å². The molecule has 0 aliphatic rings. The lowest BCUT2D eigenvalue weighted by Crippen LogP contribution is -2.14. The first-order chi connectivity index (χ1) is 5.34. The minimum absolute atomic E-state index is 0.127. The third-order valence-corrected chi connectivity index (χ3v) is 1.79. The monoisotopic (exact) mass is 168 g/mol. The molecule has 0 unspecified atom stereocenters. The van der Waals surface area contributed by atoms with Crippen LogP contribution in [0.2, 0.25) is 0 Å². The molecule has 0 aromatic heterocycles. The van der Waals surface area contributed by atoms with Crippen molar-refractivity contribution in [1.82, 2.24) is 0 Å². The molecule has 11 heavy (non-hydrogen) atoms. The predicted octanol–water partition coefficient (Wildman–Crippen LogP) is 1.77. The van der Waals surface area contributed by atoms with Gasteiger partial charge in [-0.2, -0.15) is 0 Å². The Bertz CT molecular complexity index is 203. The second-order valence-corrected chi connectivity index (χ2v) is 2.65. The van der Waals surface area contributed by atoms with Crippen molar-refractivity contribution in [3.8, 4) is 0 Å². The minimum Gasteiger partial charge on any atom is -0.316 e. The van der Waals surface area contributed by atoms with E-state index >= 15 is 0 Å². The highest BCUT2D eigenvalue weighted by Crippen LogP contribution is 2.13. The Morgan fingerprint density at radius 3 is 2.45 bits per heavy atom. The fourth-order valence-electron chi connectivity index (χ4n) is 0.816. The predicted molar refractivity (Wildman–Crippen MR) is 48.3 cm³/mol. The van der Waals surface area contributed by atoms with E-state index in [0.29, 0.717) is 6.54 Å². The zero-order valence-corrected chi connectivity index (χ0v) is 7.00.